The van der Waals surface area contributed by atoms with Gasteiger partial charge in [0.25, 0.3) is 5.91 Å². The molecule has 0 aromatic heterocycles. The summed E-state index contributed by atoms with van der Waals surface area (Å²) in [6.07, 6.45) is 1.46. The number of hydrogen-bond acceptors (Lipinski definition) is 4. The number of hydrogen-bond donors (Lipinski definition) is 1. The zero-order chi connectivity index (χ0) is 19.6. The summed E-state index contributed by atoms with van der Waals surface area (Å²) in [5, 5.41) is 4.12. The Morgan fingerprint density at radius 2 is 1.63 bits per heavy atom. The number of carbonyl (C=O) groups is 2. The van der Waals surface area contributed by atoms with Crippen LogP contribution in [0.1, 0.15) is 44.0 Å². The number of rotatable bonds is 8. The van der Waals surface area contributed by atoms with Crippen molar-refractivity contribution in [1.82, 2.24) is 5.43 Å². The molecular formula is C22H26N2O3. The van der Waals surface area contributed by atoms with Crippen molar-refractivity contribution in [3.63, 3.8) is 0 Å². The molecule has 5 nitrogen and oxygen atoms in total. The van der Waals surface area contributed by atoms with Crippen molar-refractivity contribution in [1.29, 1.82) is 0 Å². The molecule has 1 N–H and O–H groups in total. The average Bonchev–Trinajstić information content (AvgIpc) is 2.71. The first kappa shape index (κ1) is 20.4. The van der Waals surface area contributed by atoms with Gasteiger partial charge in [-0.15, -0.1) is 0 Å². The number of nitrogens with zero attached hydrogens (tertiary/aromatic N) is 1. The van der Waals surface area contributed by atoms with Gasteiger partial charge in [0.05, 0.1) is 12.5 Å². The molecule has 1 amide bonds. The van der Waals surface area contributed by atoms with E-state index in [1.807, 2.05) is 49.4 Å². The molecule has 5 heteroatoms. The normalized spacial score (nSPS) is 12.3. The molecule has 1 atom stereocenters. The highest BCUT2D eigenvalue weighted by molar-refractivity contribution is 6.02. The molecule has 2 aromatic carbocycles. The highest BCUT2D eigenvalue weighted by atomic mass is 16.5. The summed E-state index contributed by atoms with van der Waals surface area (Å²) in [5.74, 6) is -1.05. The predicted molar refractivity (Wildman–Crippen MR) is 107 cm³/mol. The lowest BCUT2D eigenvalue weighted by atomic mass is 9.99. The number of ether oxygens (including phenoxy) is 1. The standard InChI is InChI=1S/C22H26N2O3/c1-4-9-20(22(26)27-5-2)16(3)23-24-21(25)19-14-12-18(13-15-19)17-10-7-6-8-11-17/h6-8,10-15,20H,4-5,9H2,1-3H3,(H,24,25)/b23-16-/t20-/m1/s1. The van der Waals surface area contributed by atoms with Gasteiger partial charge in [-0.05, 0) is 43.5 Å². The Morgan fingerprint density at radius 3 is 2.22 bits per heavy atom. The molecule has 0 heterocycles. The minimum atomic E-state index is -0.435. The van der Waals surface area contributed by atoms with Crippen LogP contribution in [0.15, 0.2) is 59.7 Å². The smallest absolute Gasteiger partial charge is 0.314 e. The maximum Gasteiger partial charge on any atom is 0.314 e. The molecule has 2 aromatic rings. The second-order valence-electron chi connectivity index (χ2n) is 6.23. The highest BCUT2D eigenvalue weighted by Gasteiger charge is 2.22. The van der Waals surface area contributed by atoms with E-state index in [2.05, 4.69) is 10.5 Å². The quantitative estimate of drug-likeness (QED) is 0.427. The first-order valence-corrected chi connectivity index (χ1v) is 9.23. The maximum atomic E-state index is 12.3. The van der Waals surface area contributed by atoms with E-state index < -0.39 is 5.92 Å². The van der Waals surface area contributed by atoms with Gasteiger partial charge in [-0.25, -0.2) is 5.43 Å². The molecule has 0 aliphatic heterocycles. The Balaban J connectivity index is 2.05. The Morgan fingerprint density at radius 1 is 1.00 bits per heavy atom. The summed E-state index contributed by atoms with van der Waals surface area (Å²) < 4.78 is 5.09. The average molecular weight is 366 g/mol. The van der Waals surface area contributed by atoms with Crippen LogP contribution < -0.4 is 5.43 Å². The van der Waals surface area contributed by atoms with Gasteiger partial charge < -0.3 is 4.74 Å². The van der Waals surface area contributed by atoms with Crippen molar-refractivity contribution in [3.05, 3.63) is 60.2 Å². The topological polar surface area (TPSA) is 67.8 Å². The molecule has 0 fully saturated rings. The zero-order valence-electron chi connectivity index (χ0n) is 16.1. The molecule has 2 rings (SSSR count). The van der Waals surface area contributed by atoms with Crippen LogP contribution >= 0.6 is 0 Å². The molecule has 0 aliphatic rings. The summed E-state index contributed by atoms with van der Waals surface area (Å²) >= 11 is 0. The van der Waals surface area contributed by atoms with Crippen LogP contribution in [-0.2, 0) is 9.53 Å². The number of hydrazone groups is 1. The molecule has 27 heavy (non-hydrogen) atoms. The van der Waals surface area contributed by atoms with E-state index in [9.17, 15) is 9.59 Å². The predicted octanol–water partition coefficient (Wildman–Crippen LogP) is 4.44. The minimum Gasteiger partial charge on any atom is -0.465 e. The van der Waals surface area contributed by atoms with Crippen molar-refractivity contribution in [2.45, 2.75) is 33.6 Å². The van der Waals surface area contributed by atoms with E-state index in [0.29, 0.717) is 24.3 Å². The first-order valence-electron chi connectivity index (χ1n) is 9.23. The van der Waals surface area contributed by atoms with Crippen molar-refractivity contribution >= 4 is 17.6 Å². The van der Waals surface area contributed by atoms with Gasteiger partial charge in [0, 0.05) is 11.3 Å². The Kier molecular flexibility index (Phi) is 7.74. The van der Waals surface area contributed by atoms with E-state index in [4.69, 9.17) is 4.74 Å². The van der Waals surface area contributed by atoms with Crippen molar-refractivity contribution < 1.29 is 14.3 Å². The van der Waals surface area contributed by atoms with E-state index >= 15 is 0 Å². The lowest BCUT2D eigenvalue weighted by Gasteiger charge is -2.14. The molecule has 0 radical (unpaired) electrons. The van der Waals surface area contributed by atoms with Crippen LogP contribution in [0.3, 0.4) is 0 Å². The third kappa shape index (κ3) is 5.78. The molecule has 0 spiro atoms. The molecule has 0 aliphatic carbocycles. The van der Waals surface area contributed by atoms with Gasteiger partial charge in [0.1, 0.15) is 0 Å². The molecule has 142 valence electrons. The van der Waals surface area contributed by atoms with E-state index in [1.54, 1.807) is 26.0 Å². The maximum absolute atomic E-state index is 12.3. The fourth-order valence-electron chi connectivity index (χ4n) is 2.75. The van der Waals surface area contributed by atoms with Gasteiger partial charge >= 0.3 is 5.97 Å². The third-order valence-electron chi connectivity index (χ3n) is 4.24. The Hall–Kier alpha value is -2.95. The SMILES string of the molecule is CCC[C@@H](C(=O)OCC)/C(C)=N\NC(=O)c1ccc(-c2ccccc2)cc1. The lowest BCUT2D eigenvalue weighted by molar-refractivity contribution is -0.145. The fraction of sp³-hybridized carbons (Fsp3) is 0.318. The van der Waals surface area contributed by atoms with Crippen molar-refractivity contribution in [2.24, 2.45) is 11.0 Å². The van der Waals surface area contributed by atoms with Crippen LogP contribution in [0.5, 0.6) is 0 Å². The van der Waals surface area contributed by atoms with Crippen molar-refractivity contribution in [3.8, 4) is 11.1 Å². The summed E-state index contributed by atoms with van der Waals surface area (Å²) in [6, 6.07) is 17.3. The third-order valence-corrected chi connectivity index (χ3v) is 4.24. The second-order valence-corrected chi connectivity index (χ2v) is 6.23. The molecule has 0 saturated heterocycles. The van der Waals surface area contributed by atoms with Gasteiger partial charge in [0.15, 0.2) is 0 Å². The molecule has 0 unspecified atom stereocenters. The van der Waals surface area contributed by atoms with E-state index in [0.717, 1.165) is 17.5 Å². The largest absolute Gasteiger partial charge is 0.465 e. The number of carbonyl (C=O) groups excluding carboxylic acids is 2. The monoisotopic (exact) mass is 366 g/mol. The number of benzene rings is 2. The van der Waals surface area contributed by atoms with E-state index in [1.165, 1.54) is 0 Å². The van der Waals surface area contributed by atoms with Crippen molar-refractivity contribution in [2.75, 3.05) is 6.61 Å². The minimum absolute atomic E-state index is 0.304. The molecule has 0 bridgehead atoms. The van der Waals surface area contributed by atoms with Gasteiger partial charge in [-0.3, -0.25) is 9.59 Å². The lowest BCUT2D eigenvalue weighted by Crippen LogP contribution is -2.27. The summed E-state index contributed by atoms with van der Waals surface area (Å²) in [4.78, 5) is 24.4. The van der Waals surface area contributed by atoms with Crippen LogP contribution in [0.25, 0.3) is 11.1 Å². The summed E-state index contributed by atoms with van der Waals surface area (Å²) in [7, 11) is 0. The second kappa shape index (κ2) is 10.3. The van der Waals surface area contributed by atoms with Crippen LogP contribution in [0.2, 0.25) is 0 Å². The fourth-order valence-corrected chi connectivity index (χ4v) is 2.75. The zero-order valence-corrected chi connectivity index (χ0v) is 16.1. The summed E-state index contributed by atoms with van der Waals surface area (Å²) in [5.41, 5.74) is 5.72. The van der Waals surface area contributed by atoms with Gasteiger partial charge in [-0.2, -0.15) is 5.10 Å². The van der Waals surface area contributed by atoms with Crippen LogP contribution in [0.4, 0.5) is 0 Å². The van der Waals surface area contributed by atoms with Crippen LogP contribution in [-0.4, -0.2) is 24.2 Å². The summed E-state index contributed by atoms with van der Waals surface area (Å²) in [6.45, 7) is 5.82. The number of esters is 1. The molecule has 0 saturated carbocycles. The Bertz CT molecular complexity index is 783. The number of amides is 1. The molecular weight excluding hydrogens is 340 g/mol. The highest BCUT2D eigenvalue weighted by Crippen LogP contribution is 2.19. The van der Waals surface area contributed by atoms with Gasteiger partial charge in [0.2, 0.25) is 0 Å². The van der Waals surface area contributed by atoms with Crippen LogP contribution in [0, 0.1) is 5.92 Å². The Labute approximate surface area is 160 Å². The number of nitrogens with one attached hydrogen (secondary N) is 1. The van der Waals surface area contributed by atoms with E-state index in [-0.39, 0.29) is 11.9 Å². The van der Waals surface area contributed by atoms with Gasteiger partial charge in [-0.1, -0.05) is 55.8 Å². The first-order chi connectivity index (χ1) is 13.1.